The van der Waals surface area contributed by atoms with Crippen LogP contribution in [0.25, 0.3) is 0 Å². The predicted octanol–water partition coefficient (Wildman–Crippen LogP) is -2.12. The van der Waals surface area contributed by atoms with E-state index in [9.17, 15) is 24.3 Å². The van der Waals surface area contributed by atoms with Crippen LogP contribution in [0.3, 0.4) is 0 Å². The van der Waals surface area contributed by atoms with Crippen LogP contribution in [0, 0.1) is 0 Å². The number of nitrogens with one attached hydrogen (secondary N) is 2. The van der Waals surface area contributed by atoms with Crippen LogP contribution < -0.4 is 16.6 Å². The fourth-order valence-electron chi connectivity index (χ4n) is 1.48. The van der Waals surface area contributed by atoms with Gasteiger partial charge in [0.25, 0.3) is 5.56 Å². The number of amides is 1. The maximum absolute atomic E-state index is 11.5. The summed E-state index contributed by atoms with van der Waals surface area (Å²) in [5, 5.41) is 20.1. The molecule has 0 aromatic carbocycles. The van der Waals surface area contributed by atoms with Crippen molar-refractivity contribution in [1.29, 1.82) is 0 Å². The number of rotatable bonds is 6. The van der Waals surface area contributed by atoms with E-state index in [2.05, 4.69) is 5.32 Å². The highest BCUT2D eigenvalue weighted by atomic mass is 16.4. The largest absolute Gasteiger partial charge is 0.480 e. The van der Waals surface area contributed by atoms with Crippen LogP contribution in [-0.2, 0) is 16.1 Å². The lowest BCUT2D eigenvalue weighted by molar-refractivity contribution is -0.144. The molecule has 20 heavy (non-hydrogen) atoms. The van der Waals surface area contributed by atoms with Crippen molar-refractivity contribution < 1.29 is 19.8 Å². The van der Waals surface area contributed by atoms with Crippen molar-refractivity contribution in [2.24, 2.45) is 0 Å². The van der Waals surface area contributed by atoms with Crippen LogP contribution in [0.2, 0.25) is 0 Å². The molecule has 1 heterocycles. The van der Waals surface area contributed by atoms with E-state index < -0.39 is 35.3 Å². The van der Waals surface area contributed by atoms with Gasteiger partial charge in [0.05, 0.1) is 6.10 Å². The van der Waals surface area contributed by atoms with Crippen molar-refractivity contribution in [3.05, 3.63) is 33.1 Å². The van der Waals surface area contributed by atoms with Gasteiger partial charge in [0.15, 0.2) is 6.04 Å². The average molecular weight is 285 g/mol. The summed E-state index contributed by atoms with van der Waals surface area (Å²) in [6.45, 7) is 1.22. The zero-order valence-corrected chi connectivity index (χ0v) is 10.7. The van der Waals surface area contributed by atoms with E-state index in [1.54, 1.807) is 0 Å². The molecule has 0 aliphatic heterocycles. The monoisotopic (exact) mass is 285 g/mol. The number of aromatic nitrogens is 2. The molecule has 0 aliphatic carbocycles. The summed E-state index contributed by atoms with van der Waals surface area (Å²) in [4.78, 5) is 46.5. The Bertz CT molecular complexity index is 603. The summed E-state index contributed by atoms with van der Waals surface area (Å²) in [5.41, 5.74) is -1.20. The van der Waals surface area contributed by atoms with E-state index in [-0.39, 0.29) is 13.0 Å². The number of carbonyl (C=O) groups is 2. The highest BCUT2D eigenvalue weighted by Crippen LogP contribution is 1.95. The van der Waals surface area contributed by atoms with Gasteiger partial charge in [0.1, 0.15) is 0 Å². The summed E-state index contributed by atoms with van der Waals surface area (Å²) in [7, 11) is 0. The van der Waals surface area contributed by atoms with Crippen LogP contribution in [0.1, 0.15) is 13.3 Å². The van der Waals surface area contributed by atoms with Crippen molar-refractivity contribution in [3.63, 3.8) is 0 Å². The Morgan fingerprint density at radius 2 is 2.10 bits per heavy atom. The number of aliphatic carboxylic acids is 1. The first kappa shape index (κ1) is 15.6. The second-order valence-corrected chi connectivity index (χ2v) is 4.18. The minimum Gasteiger partial charge on any atom is -0.480 e. The number of aliphatic hydroxyl groups is 1. The zero-order valence-electron chi connectivity index (χ0n) is 10.7. The molecule has 1 aromatic rings. The Morgan fingerprint density at radius 3 is 2.60 bits per heavy atom. The van der Waals surface area contributed by atoms with Gasteiger partial charge < -0.3 is 20.1 Å². The first-order valence-corrected chi connectivity index (χ1v) is 5.81. The topological polar surface area (TPSA) is 141 Å². The fraction of sp³-hybridized carbons (Fsp3) is 0.455. The van der Waals surface area contributed by atoms with Gasteiger partial charge >= 0.3 is 11.7 Å². The first-order chi connectivity index (χ1) is 9.31. The molecule has 0 radical (unpaired) electrons. The normalized spacial score (nSPS) is 13.5. The van der Waals surface area contributed by atoms with E-state index in [4.69, 9.17) is 5.11 Å². The van der Waals surface area contributed by atoms with Crippen molar-refractivity contribution in [1.82, 2.24) is 14.9 Å². The van der Waals surface area contributed by atoms with Crippen LogP contribution >= 0.6 is 0 Å². The Hall–Kier alpha value is -2.42. The molecule has 0 spiro atoms. The van der Waals surface area contributed by atoms with Crippen LogP contribution in [0.4, 0.5) is 0 Å². The smallest absolute Gasteiger partial charge is 0.328 e. The molecule has 0 saturated carbocycles. The number of carbonyl (C=O) groups excluding carboxylic acids is 1. The first-order valence-electron chi connectivity index (χ1n) is 5.81. The molecular formula is C11H15N3O6. The molecule has 4 N–H and O–H groups in total. The van der Waals surface area contributed by atoms with E-state index in [1.165, 1.54) is 13.1 Å². The molecule has 2 atom stereocenters. The number of H-pyrrole nitrogens is 1. The van der Waals surface area contributed by atoms with Gasteiger partial charge in [0, 0.05) is 25.2 Å². The highest BCUT2D eigenvalue weighted by molar-refractivity contribution is 5.83. The molecule has 0 aliphatic rings. The number of carboxylic acid groups (broad SMARTS) is 1. The predicted molar refractivity (Wildman–Crippen MR) is 67.2 cm³/mol. The van der Waals surface area contributed by atoms with E-state index in [1.807, 2.05) is 4.98 Å². The minimum atomic E-state index is -1.41. The number of carboxylic acids is 1. The van der Waals surface area contributed by atoms with Crippen molar-refractivity contribution in [2.45, 2.75) is 32.0 Å². The Kier molecular flexibility index (Phi) is 5.21. The summed E-state index contributed by atoms with van der Waals surface area (Å²) >= 11 is 0. The van der Waals surface area contributed by atoms with E-state index in [0.29, 0.717) is 0 Å². The number of aromatic amines is 1. The Morgan fingerprint density at radius 1 is 1.45 bits per heavy atom. The van der Waals surface area contributed by atoms with E-state index in [0.717, 1.165) is 10.6 Å². The molecule has 2 unspecified atom stereocenters. The summed E-state index contributed by atoms with van der Waals surface area (Å²) < 4.78 is 1.11. The van der Waals surface area contributed by atoms with E-state index >= 15 is 0 Å². The van der Waals surface area contributed by atoms with Gasteiger partial charge in [-0.15, -0.1) is 0 Å². The number of aliphatic hydroxyl groups excluding tert-OH is 1. The van der Waals surface area contributed by atoms with Gasteiger partial charge in [-0.3, -0.25) is 14.6 Å². The number of hydrogen-bond acceptors (Lipinski definition) is 5. The lowest BCUT2D eigenvalue weighted by atomic mass is 10.2. The molecule has 1 aromatic heterocycles. The lowest BCUT2D eigenvalue weighted by Crippen LogP contribution is -2.47. The number of hydrogen-bond donors (Lipinski definition) is 4. The molecular weight excluding hydrogens is 270 g/mol. The van der Waals surface area contributed by atoms with Crippen LogP contribution in [-0.4, -0.2) is 43.8 Å². The molecule has 0 bridgehead atoms. The highest BCUT2D eigenvalue weighted by Gasteiger charge is 2.24. The quantitative estimate of drug-likeness (QED) is 0.470. The second kappa shape index (κ2) is 6.66. The summed E-state index contributed by atoms with van der Waals surface area (Å²) in [5.74, 6) is -1.98. The minimum absolute atomic E-state index is 0.0202. The Labute approximate surface area is 112 Å². The Balaban J connectivity index is 2.61. The van der Waals surface area contributed by atoms with Crippen molar-refractivity contribution >= 4 is 11.9 Å². The van der Waals surface area contributed by atoms with Gasteiger partial charge in [-0.05, 0) is 6.92 Å². The molecule has 9 heteroatoms. The fourth-order valence-corrected chi connectivity index (χ4v) is 1.48. The molecule has 1 amide bonds. The third-order valence-corrected chi connectivity index (χ3v) is 2.54. The van der Waals surface area contributed by atoms with Gasteiger partial charge in [0.2, 0.25) is 5.91 Å². The molecule has 1 rings (SSSR count). The zero-order chi connectivity index (χ0) is 15.3. The maximum atomic E-state index is 11.5. The molecule has 0 fully saturated rings. The van der Waals surface area contributed by atoms with Gasteiger partial charge in [-0.25, -0.2) is 9.59 Å². The number of nitrogens with zero attached hydrogens (tertiary/aromatic N) is 1. The summed E-state index contributed by atoms with van der Waals surface area (Å²) in [6.07, 6.45) is -0.174. The summed E-state index contributed by atoms with van der Waals surface area (Å²) in [6, 6.07) is -0.274. The second-order valence-electron chi connectivity index (χ2n) is 4.18. The molecule has 9 nitrogen and oxygen atoms in total. The SMILES string of the molecule is CC(O)C(NC(=O)CCn1ccc(=O)[nH]c1=O)C(=O)O. The number of aryl methyl sites for hydroxylation is 1. The maximum Gasteiger partial charge on any atom is 0.328 e. The standard InChI is InChI=1S/C11H15N3O6/c1-6(15)9(10(18)19)12-7(16)2-4-14-5-3-8(17)13-11(14)20/h3,5-6,9,15H,2,4H2,1H3,(H,12,16)(H,18,19)(H,13,17,20). The van der Waals surface area contributed by atoms with Crippen molar-refractivity contribution in [2.75, 3.05) is 0 Å². The van der Waals surface area contributed by atoms with Crippen molar-refractivity contribution in [3.8, 4) is 0 Å². The van der Waals surface area contributed by atoms with Crippen LogP contribution in [0.5, 0.6) is 0 Å². The van der Waals surface area contributed by atoms with Gasteiger partial charge in [-0.1, -0.05) is 0 Å². The average Bonchev–Trinajstić information content (AvgIpc) is 2.34. The lowest BCUT2D eigenvalue weighted by Gasteiger charge is -2.17. The third kappa shape index (κ3) is 4.35. The molecule has 0 saturated heterocycles. The van der Waals surface area contributed by atoms with Crippen LogP contribution in [0.15, 0.2) is 21.9 Å². The van der Waals surface area contributed by atoms with Gasteiger partial charge in [-0.2, -0.15) is 0 Å². The third-order valence-electron chi connectivity index (χ3n) is 2.54. The molecule has 110 valence electrons.